The van der Waals surface area contributed by atoms with E-state index in [1.54, 1.807) is 6.92 Å². The molecular weight excluding hydrogens is 262 g/mol. The monoisotopic (exact) mass is 269 g/mol. The van der Waals surface area contributed by atoms with Gasteiger partial charge in [0.25, 0.3) is 0 Å². The summed E-state index contributed by atoms with van der Waals surface area (Å²) in [7, 11) is 0. The first kappa shape index (κ1) is 12.3. The average Bonchev–Trinajstić information content (AvgIpc) is 2.67. The molecule has 0 atom stereocenters. The Morgan fingerprint density at radius 1 is 1.56 bits per heavy atom. The molecule has 8 heteroatoms. The standard InChI is InChI=1S/C10H8ClN3O4/c1-2-18-10(17)5-3-12-14-4-6(11)13-8(14)7(5)9(15)16/h3-4H,2H2,1H3,(H,15,16). The van der Waals surface area contributed by atoms with E-state index in [2.05, 4.69) is 10.1 Å². The minimum Gasteiger partial charge on any atom is -0.478 e. The number of halogens is 1. The number of carbonyl (C=O) groups is 2. The Labute approximate surface area is 106 Å². The van der Waals surface area contributed by atoms with Gasteiger partial charge in [0.05, 0.1) is 24.6 Å². The zero-order valence-electron chi connectivity index (χ0n) is 9.25. The van der Waals surface area contributed by atoms with Gasteiger partial charge in [-0.05, 0) is 6.92 Å². The second kappa shape index (κ2) is 4.61. The number of fused-ring (bicyclic) bond motifs is 1. The van der Waals surface area contributed by atoms with Gasteiger partial charge in [-0.1, -0.05) is 11.6 Å². The van der Waals surface area contributed by atoms with Crippen molar-refractivity contribution in [2.75, 3.05) is 6.61 Å². The van der Waals surface area contributed by atoms with Gasteiger partial charge in [-0.15, -0.1) is 0 Å². The molecule has 0 aliphatic carbocycles. The van der Waals surface area contributed by atoms with E-state index in [0.29, 0.717) is 0 Å². The number of carboxylic acids is 1. The van der Waals surface area contributed by atoms with Crippen molar-refractivity contribution in [3.8, 4) is 0 Å². The summed E-state index contributed by atoms with van der Waals surface area (Å²) in [5.41, 5.74) is -0.437. The van der Waals surface area contributed by atoms with E-state index in [1.807, 2.05) is 0 Å². The van der Waals surface area contributed by atoms with Crippen LogP contribution in [-0.2, 0) is 4.74 Å². The lowest BCUT2D eigenvalue weighted by atomic mass is 10.1. The third kappa shape index (κ3) is 2.00. The molecule has 2 aromatic rings. The van der Waals surface area contributed by atoms with E-state index in [1.165, 1.54) is 10.7 Å². The van der Waals surface area contributed by atoms with Crippen LogP contribution in [0.3, 0.4) is 0 Å². The predicted molar refractivity (Wildman–Crippen MR) is 60.9 cm³/mol. The first-order valence-corrected chi connectivity index (χ1v) is 5.36. The second-order valence-corrected chi connectivity index (χ2v) is 3.68. The van der Waals surface area contributed by atoms with Crippen LogP contribution in [0.15, 0.2) is 12.4 Å². The van der Waals surface area contributed by atoms with Gasteiger partial charge in [-0.2, -0.15) is 5.10 Å². The van der Waals surface area contributed by atoms with Crippen molar-refractivity contribution in [2.24, 2.45) is 0 Å². The minimum atomic E-state index is -1.30. The zero-order valence-corrected chi connectivity index (χ0v) is 10.0. The lowest BCUT2D eigenvalue weighted by molar-refractivity contribution is 0.0514. The fourth-order valence-electron chi connectivity index (χ4n) is 1.48. The summed E-state index contributed by atoms with van der Waals surface area (Å²) in [4.78, 5) is 26.7. The maximum absolute atomic E-state index is 11.6. The van der Waals surface area contributed by atoms with E-state index in [9.17, 15) is 9.59 Å². The van der Waals surface area contributed by atoms with Crippen molar-refractivity contribution in [3.63, 3.8) is 0 Å². The largest absolute Gasteiger partial charge is 0.478 e. The number of carbonyl (C=O) groups excluding carboxylic acids is 1. The average molecular weight is 270 g/mol. The molecule has 0 saturated heterocycles. The van der Waals surface area contributed by atoms with Gasteiger partial charge in [0.1, 0.15) is 10.7 Å². The molecule has 2 rings (SSSR count). The summed E-state index contributed by atoms with van der Waals surface area (Å²) in [6.45, 7) is 1.76. The topological polar surface area (TPSA) is 93.8 Å². The molecule has 0 aromatic carbocycles. The molecule has 0 unspecified atom stereocenters. The Bertz CT molecular complexity index is 637. The fraction of sp³-hybridized carbons (Fsp3) is 0.200. The highest BCUT2D eigenvalue weighted by atomic mass is 35.5. The van der Waals surface area contributed by atoms with Gasteiger partial charge < -0.3 is 9.84 Å². The van der Waals surface area contributed by atoms with Crippen LogP contribution in [0.2, 0.25) is 5.15 Å². The molecule has 2 heterocycles. The van der Waals surface area contributed by atoms with Crippen LogP contribution >= 0.6 is 11.6 Å². The molecule has 2 aromatic heterocycles. The van der Waals surface area contributed by atoms with E-state index in [-0.39, 0.29) is 28.5 Å². The molecule has 94 valence electrons. The maximum Gasteiger partial charge on any atom is 0.340 e. The lowest BCUT2D eigenvalue weighted by Crippen LogP contribution is -2.14. The number of esters is 1. The number of imidazole rings is 1. The highest BCUT2D eigenvalue weighted by Gasteiger charge is 2.23. The summed E-state index contributed by atoms with van der Waals surface area (Å²) in [6, 6.07) is 0. The number of ether oxygens (including phenoxy) is 1. The molecule has 0 amide bonds. The van der Waals surface area contributed by atoms with Crippen LogP contribution in [0.25, 0.3) is 5.65 Å². The first-order chi connectivity index (χ1) is 8.54. The molecule has 0 spiro atoms. The smallest absolute Gasteiger partial charge is 0.340 e. The van der Waals surface area contributed by atoms with Crippen LogP contribution in [-0.4, -0.2) is 38.3 Å². The number of nitrogens with zero attached hydrogens (tertiary/aromatic N) is 3. The van der Waals surface area contributed by atoms with Crippen LogP contribution in [0.4, 0.5) is 0 Å². The van der Waals surface area contributed by atoms with Crippen molar-refractivity contribution in [3.05, 3.63) is 28.7 Å². The summed E-state index contributed by atoms with van der Waals surface area (Å²) in [6.07, 6.45) is 2.46. The SMILES string of the molecule is CCOC(=O)c1cnn2cc(Cl)nc2c1C(=O)O. The highest BCUT2D eigenvalue weighted by molar-refractivity contribution is 6.29. The Morgan fingerprint density at radius 3 is 2.89 bits per heavy atom. The number of aromatic carboxylic acids is 1. The van der Waals surface area contributed by atoms with Gasteiger partial charge in [0.15, 0.2) is 5.65 Å². The first-order valence-electron chi connectivity index (χ1n) is 4.99. The van der Waals surface area contributed by atoms with Crippen LogP contribution in [0, 0.1) is 0 Å². The molecule has 0 bridgehead atoms. The van der Waals surface area contributed by atoms with Gasteiger partial charge in [-0.3, -0.25) is 0 Å². The van der Waals surface area contributed by atoms with E-state index in [0.717, 1.165) is 6.20 Å². The van der Waals surface area contributed by atoms with Crippen LogP contribution < -0.4 is 0 Å². The number of aromatic nitrogens is 3. The van der Waals surface area contributed by atoms with Crippen molar-refractivity contribution < 1.29 is 19.4 Å². The molecule has 1 N–H and O–H groups in total. The van der Waals surface area contributed by atoms with Crippen molar-refractivity contribution in [2.45, 2.75) is 6.92 Å². The Hall–Kier alpha value is -2.15. The predicted octanol–water partition coefficient (Wildman–Crippen LogP) is 1.26. The van der Waals surface area contributed by atoms with E-state index >= 15 is 0 Å². The van der Waals surface area contributed by atoms with Crippen LogP contribution in [0.1, 0.15) is 27.6 Å². The van der Waals surface area contributed by atoms with Gasteiger partial charge in [0.2, 0.25) is 0 Å². The van der Waals surface area contributed by atoms with Crippen molar-refractivity contribution >= 4 is 29.2 Å². The third-order valence-electron chi connectivity index (χ3n) is 2.17. The van der Waals surface area contributed by atoms with Gasteiger partial charge in [0, 0.05) is 0 Å². The summed E-state index contributed by atoms with van der Waals surface area (Å²) >= 11 is 5.67. The summed E-state index contributed by atoms with van der Waals surface area (Å²) in [5, 5.41) is 13.1. The van der Waals surface area contributed by atoms with Gasteiger partial charge in [-0.25, -0.2) is 19.1 Å². The molecule has 18 heavy (non-hydrogen) atoms. The Balaban J connectivity index is 2.70. The van der Waals surface area contributed by atoms with Crippen LogP contribution in [0.5, 0.6) is 0 Å². The Morgan fingerprint density at radius 2 is 2.28 bits per heavy atom. The van der Waals surface area contributed by atoms with E-state index < -0.39 is 11.9 Å². The fourth-order valence-corrected chi connectivity index (χ4v) is 1.65. The molecule has 0 aliphatic heterocycles. The maximum atomic E-state index is 11.6. The number of hydrogen-bond donors (Lipinski definition) is 1. The molecule has 0 aliphatic rings. The molecule has 0 saturated carbocycles. The summed E-state index contributed by atoms with van der Waals surface area (Å²) in [5.74, 6) is -2.06. The second-order valence-electron chi connectivity index (χ2n) is 3.29. The Kier molecular flexibility index (Phi) is 3.15. The molecule has 7 nitrogen and oxygen atoms in total. The van der Waals surface area contributed by atoms with Crippen molar-refractivity contribution in [1.29, 1.82) is 0 Å². The lowest BCUT2D eigenvalue weighted by Gasteiger charge is -2.05. The molecule has 0 fully saturated rings. The zero-order chi connectivity index (χ0) is 13.3. The summed E-state index contributed by atoms with van der Waals surface area (Å²) < 4.78 is 5.95. The molecular formula is C10H8ClN3O4. The highest BCUT2D eigenvalue weighted by Crippen LogP contribution is 2.18. The van der Waals surface area contributed by atoms with Gasteiger partial charge >= 0.3 is 11.9 Å². The normalized spacial score (nSPS) is 10.6. The third-order valence-corrected chi connectivity index (χ3v) is 2.35. The molecule has 0 radical (unpaired) electrons. The van der Waals surface area contributed by atoms with Crippen molar-refractivity contribution in [1.82, 2.24) is 14.6 Å². The number of hydrogen-bond acceptors (Lipinski definition) is 5. The minimum absolute atomic E-state index is 0.00180. The van der Waals surface area contributed by atoms with E-state index in [4.69, 9.17) is 21.4 Å². The number of carboxylic acid groups (broad SMARTS) is 1. The number of rotatable bonds is 3. The quantitative estimate of drug-likeness (QED) is 0.843.